The highest BCUT2D eigenvalue weighted by atomic mass is 32.2. The predicted molar refractivity (Wildman–Crippen MR) is 52.0 cm³/mol. The average Bonchev–Trinajstić information content (AvgIpc) is 2.05. The Morgan fingerprint density at radius 2 is 1.73 bits per heavy atom. The third kappa shape index (κ3) is 17.9. The fourth-order valence-corrected chi connectivity index (χ4v) is 0.973. The number of aliphatic hydroxyl groups is 3. The average molecular weight is 198 g/mol. The Kier molecular flexibility index (Phi) is 16.3. The maximum atomic E-state index is 8.30. The van der Waals surface area contributed by atoms with Gasteiger partial charge in [0.1, 0.15) is 0 Å². The molecule has 0 atom stereocenters. The third-order valence-electron chi connectivity index (χ3n) is 0.534. The first-order valence-corrected chi connectivity index (χ1v) is 4.60. The van der Waals surface area contributed by atoms with Crippen molar-refractivity contribution >= 4 is 28.2 Å². The fraction of sp³-hybridized carbons (Fsp3) is 0.833. The predicted octanol–water partition coefficient (Wildman–Crippen LogP) is 0.0302. The Bertz CT molecular complexity index is 85.9. The Hall–Kier alpha value is 0.320. The zero-order chi connectivity index (χ0) is 9.11. The molecule has 0 radical (unpaired) electrons. The molecule has 0 amide bonds. The topological polar surface area (TPSA) is 60.7 Å². The largest absolute Gasteiger partial charge is 0.394 e. The number of thiocarbonyl (C=S) groups is 1. The minimum absolute atomic E-state index is 0.0356. The Morgan fingerprint density at radius 1 is 1.27 bits per heavy atom. The fourth-order valence-electron chi connectivity index (χ4n) is 0.207. The Labute approximate surface area is 76.4 Å². The zero-order valence-electron chi connectivity index (χ0n) is 6.49. The van der Waals surface area contributed by atoms with Gasteiger partial charge in [0, 0.05) is 0 Å². The first-order valence-electron chi connectivity index (χ1n) is 3.21. The van der Waals surface area contributed by atoms with Crippen LogP contribution in [0.4, 0.5) is 0 Å². The van der Waals surface area contributed by atoms with E-state index in [4.69, 9.17) is 15.3 Å². The zero-order valence-corrected chi connectivity index (χ0v) is 8.12. The molecular formula is C6H14O3S2. The number of hydrogen-bond donors (Lipinski definition) is 3. The van der Waals surface area contributed by atoms with Crippen molar-refractivity contribution < 1.29 is 15.3 Å². The van der Waals surface area contributed by atoms with Crippen LogP contribution in [0.15, 0.2) is 0 Å². The van der Waals surface area contributed by atoms with Crippen LogP contribution in [-0.4, -0.2) is 45.1 Å². The van der Waals surface area contributed by atoms with E-state index >= 15 is 0 Å². The van der Waals surface area contributed by atoms with Gasteiger partial charge in [-0.1, -0.05) is 19.1 Å². The van der Waals surface area contributed by atoms with Gasteiger partial charge in [-0.25, -0.2) is 0 Å². The van der Waals surface area contributed by atoms with E-state index in [1.165, 1.54) is 11.8 Å². The number of hydrogen-bond acceptors (Lipinski definition) is 5. The van der Waals surface area contributed by atoms with Crippen molar-refractivity contribution in [3.05, 3.63) is 0 Å². The highest BCUT2D eigenvalue weighted by Crippen LogP contribution is 2.00. The van der Waals surface area contributed by atoms with Gasteiger partial charge in [0.25, 0.3) is 0 Å². The lowest BCUT2D eigenvalue weighted by Gasteiger charge is -1.90. The van der Waals surface area contributed by atoms with Crippen molar-refractivity contribution in [2.45, 2.75) is 6.92 Å². The Morgan fingerprint density at radius 3 is 1.82 bits per heavy atom. The monoisotopic (exact) mass is 198 g/mol. The van der Waals surface area contributed by atoms with Gasteiger partial charge in [0.15, 0.2) is 0 Å². The number of aliphatic hydroxyl groups excluding tert-OH is 3. The van der Waals surface area contributed by atoms with E-state index < -0.39 is 0 Å². The van der Waals surface area contributed by atoms with Crippen LogP contribution in [-0.2, 0) is 0 Å². The molecule has 0 heterocycles. The van der Waals surface area contributed by atoms with Gasteiger partial charge in [0.05, 0.1) is 24.0 Å². The van der Waals surface area contributed by atoms with Crippen LogP contribution < -0.4 is 0 Å². The SMILES string of the molecule is CCSC(=S)CO.OCCO. The summed E-state index contributed by atoms with van der Waals surface area (Å²) in [6.07, 6.45) is 0. The molecule has 11 heavy (non-hydrogen) atoms. The van der Waals surface area contributed by atoms with E-state index in [2.05, 4.69) is 12.2 Å². The highest BCUT2D eigenvalue weighted by Gasteiger charge is 1.87. The van der Waals surface area contributed by atoms with Crippen LogP contribution in [0.25, 0.3) is 0 Å². The second-order valence-electron chi connectivity index (χ2n) is 1.41. The lowest BCUT2D eigenvalue weighted by atomic mass is 10.8. The summed E-state index contributed by atoms with van der Waals surface area (Å²) in [7, 11) is 0. The molecule has 0 aliphatic heterocycles. The van der Waals surface area contributed by atoms with Gasteiger partial charge in [-0.2, -0.15) is 0 Å². The number of rotatable bonds is 3. The van der Waals surface area contributed by atoms with Crippen molar-refractivity contribution in [1.82, 2.24) is 0 Å². The van der Waals surface area contributed by atoms with E-state index in [0.717, 1.165) is 5.75 Å². The molecule has 0 aliphatic carbocycles. The minimum atomic E-state index is -0.125. The standard InChI is InChI=1S/C4H8OS2.C2H6O2/c1-2-7-4(6)3-5;3-1-2-4/h5H,2-3H2,1H3;3-4H,1-2H2. The minimum Gasteiger partial charge on any atom is -0.394 e. The molecular weight excluding hydrogens is 184 g/mol. The van der Waals surface area contributed by atoms with Gasteiger partial charge in [-0.05, 0) is 5.75 Å². The molecule has 3 N–H and O–H groups in total. The van der Waals surface area contributed by atoms with Crippen LogP contribution in [0, 0.1) is 0 Å². The summed E-state index contributed by atoms with van der Waals surface area (Å²) in [5.74, 6) is 0.958. The molecule has 0 unspecified atom stereocenters. The molecule has 0 saturated carbocycles. The quantitative estimate of drug-likeness (QED) is 0.559. The van der Waals surface area contributed by atoms with E-state index in [1.807, 2.05) is 6.92 Å². The lowest BCUT2D eigenvalue weighted by molar-refractivity contribution is 0.186. The van der Waals surface area contributed by atoms with Crippen LogP contribution in [0.3, 0.4) is 0 Å². The summed E-state index contributed by atoms with van der Waals surface area (Å²) in [5, 5.41) is 23.6. The van der Waals surface area contributed by atoms with E-state index in [0.29, 0.717) is 4.20 Å². The smallest absolute Gasteiger partial charge is 0.0842 e. The van der Waals surface area contributed by atoms with Crippen LogP contribution >= 0.6 is 24.0 Å². The molecule has 0 saturated heterocycles. The molecule has 0 aromatic carbocycles. The molecule has 5 heteroatoms. The molecule has 0 aromatic rings. The van der Waals surface area contributed by atoms with Crippen molar-refractivity contribution in [2.24, 2.45) is 0 Å². The molecule has 3 nitrogen and oxygen atoms in total. The van der Waals surface area contributed by atoms with E-state index in [-0.39, 0.29) is 19.8 Å². The van der Waals surface area contributed by atoms with Crippen molar-refractivity contribution in [3.63, 3.8) is 0 Å². The maximum absolute atomic E-state index is 8.30. The summed E-state index contributed by atoms with van der Waals surface area (Å²) < 4.78 is 0.683. The summed E-state index contributed by atoms with van der Waals surface area (Å²) in [4.78, 5) is 0. The van der Waals surface area contributed by atoms with Crippen molar-refractivity contribution in [3.8, 4) is 0 Å². The molecule has 0 rings (SSSR count). The molecule has 0 fully saturated rings. The van der Waals surface area contributed by atoms with Crippen molar-refractivity contribution in [1.29, 1.82) is 0 Å². The second kappa shape index (κ2) is 12.9. The van der Waals surface area contributed by atoms with Crippen molar-refractivity contribution in [2.75, 3.05) is 25.6 Å². The molecule has 0 aromatic heterocycles. The van der Waals surface area contributed by atoms with Crippen LogP contribution in [0.5, 0.6) is 0 Å². The summed E-state index contributed by atoms with van der Waals surface area (Å²) >= 11 is 6.18. The van der Waals surface area contributed by atoms with Crippen LogP contribution in [0.1, 0.15) is 6.92 Å². The first kappa shape index (κ1) is 13.9. The molecule has 0 bridgehead atoms. The third-order valence-corrected chi connectivity index (χ3v) is 1.76. The summed E-state index contributed by atoms with van der Waals surface area (Å²) in [6, 6.07) is 0. The second-order valence-corrected chi connectivity index (χ2v) is 3.52. The Balaban J connectivity index is 0. The molecule has 0 aliphatic rings. The van der Waals surface area contributed by atoms with Gasteiger partial charge in [-0.3, -0.25) is 0 Å². The summed E-state index contributed by atoms with van der Waals surface area (Å²) in [6.45, 7) is 1.79. The van der Waals surface area contributed by atoms with Gasteiger partial charge in [0.2, 0.25) is 0 Å². The van der Waals surface area contributed by atoms with Crippen LogP contribution in [0.2, 0.25) is 0 Å². The highest BCUT2D eigenvalue weighted by molar-refractivity contribution is 8.23. The lowest BCUT2D eigenvalue weighted by Crippen LogP contribution is -1.93. The van der Waals surface area contributed by atoms with Gasteiger partial charge >= 0.3 is 0 Å². The molecule has 0 spiro atoms. The maximum Gasteiger partial charge on any atom is 0.0842 e. The first-order chi connectivity index (χ1) is 5.22. The van der Waals surface area contributed by atoms with Gasteiger partial charge < -0.3 is 15.3 Å². The van der Waals surface area contributed by atoms with Gasteiger partial charge in [-0.15, -0.1) is 11.8 Å². The number of thioether (sulfide) groups is 1. The van der Waals surface area contributed by atoms with E-state index in [1.54, 1.807) is 0 Å². The normalized spacial score (nSPS) is 8.36. The molecule has 68 valence electrons. The van der Waals surface area contributed by atoms with E-state index in [9.17, 15) is 0 Å². The summed E-state index contributed by atoms with van der Waals surface area (Å²) in [5.41, 5.74) is 0.